The monoisotopic (exact) mass is 653 g/mol. The van der Waals surface area contributed by atoms with Gasteiger partial charge in [0, 0.05) is 73.2 Å². The van der Waals surface area contributed by atoms with Gasteiger partial charge < -0.3 is 19.9 Å². The third kappa shape index (κ3) is 8.20. The highest BCUT2D eigenvalue weighted by molar-refractivity contribution is 5.96. The molecule has 2 aromatic carbocycles. The standard InChI is InChI=1S/C32H38F3N5O2.2ClH/c1-31(2)22-42-15-14-39(31)11-7-6-10-38-12-13-40(27(21-38)18-24-20-37-29-9-5-4-8-28(24)29)30(41)23-16-25(32(33,34)35)19-26(17-23)36-3;;/h4-5,8-9,16-17,19-20,27,36-37H,10-15,18,21-22H2,1-3H3;2*1H/t27-;;/m1../s1. The van der Waals surface area contributed by atoms with E-state index in [1.807, 2.05) is 30.5 Å². The summed E-state index contributed by atoms with van der Waals surface area (Å²) in [5, 5.41) is 3.84. The maximum absolute atomic E-state index is 13.8. The van der Waals surface area contributed by atoms with Crippen molar-refractivity contribution in [3.8, 4) is 11.8 Å². The van der Waals surface area contributed by atoms with Crippen molar-refractivity contribution < 1.29 is 22.7 Å². The number of amides is 1. The fourth-order valence-electron chi connectivity index (χ4n) is 5.79. The molecule has 2 saturated heterocycles. The number of aromatic amines is 1. The highest BCUT2D eigenvalue weighted by atomic mass is 35.5. The fourth-order valence-corrected chi connectivity index (χ4v) is 5.79. The van der Waals surface area contributed by atoms with Crippen LogP contribution in [-0.4, -0.2) is 96.7 Å². The minimum absolute atomic E-state index is 0. The Balaban J connectivity index is 0.00000264. The Hall–Kier alpha value is -2.94. The number of para-hydroxylation sites is 1. The number of nitrogens with zero attached hydrogens (tertiary/aromatic N) is 3. The zero-order valence-corrected chi connectivity index (χ0v) is 26.8. The van der Waals surface area contributed by atoms with E-state index in [0.717, 1.165) is 35.1 Å². The van der Waals surface area contributed by atoms with Crippen LogP contribution in [0.5, 0.6) is 0 Å². The van der Waals surface area contributed by atoms with E-state index in [9.17, 15) is 18.0 Å². The number of aromatic nitrogens is 1. The molecule has 12 heteroatoms. The molecule has 0 spiro atoms. The summed E-state index contributed by atoms with van der Waals surface area (Å²) in [5.41, 5.74) is 1.45. The molecule has 1 amide bonds. The van der Waals surface area contributed by atoms with Gasteiger partial charge in [0.05, 0.1) is 31.9 Å². The Bertz CT molecular complexity index is 1480. The SMILES string of the molecule is CNc1cc(C(=O)N2CCN(CC#CCN3CCOCC3(C)C)C[C@H]2Cc2c[nH]c3ccccc23)cc(C(F)(F)F)c1.Cl.Cl. The molecule has 0 aliphatic carbocycles. The first kappa shape index (κ1) is 35.5. The lowest BCUT2D eigenvalue weighted by atomic mass is 9.99. The quantitative estimate of drug-likeness (QED) is 0.342. The number of hydrogen-bond donors (Lipinski definition) is 2. The summed E-state index contributed by atoms with van der Waals surface area (Å²) in [5.74, 6) is 6.23. The Labute approximate surface area is 269 Å². The summed E-state index contributed by atoms with van der Waals surface area (Å²) in [6.45, 7) is 9.33. The molecule has 0 bridgehead atoms. The van der Waals surface area contributed by atoms with E-state index in [4.69, 9.17) is 4.74 Å². The summed E-state index contributed by atoms with van der Waals surface area (Å²) < 4.78 is 46.5. The zero-order chi connectivity index (χ0) is 29.9. The second-order valence-corrected chi connectivity index (χ2v) is 11.6. The molecule has 1 atom stereocenters. The summed E-state index contributed by atoms with van der Waals surface area (Å²) in [6.07, 6.45) is -2.03. The molecule has 44 heavy (non-hydrogen) atoms. The second-order valence-electron chi connectivity index (χ2n) is 11.6. The van der Waals surface area contributed by atoms with Crippen LogP contribution < -0.4 is 5.32 Å². The number of carbonyl (C=O) groups excluding carboxylic acids is 1. The molecule has 2 fully saturated rings. The fraction of sp³-hybridized carbons (Fsp3) is 0.469. The first-order valence-corrected chi connectivity index (χ1v) is 14.3. The normalized spacial score (nSPS) is 19.0. The number of fused-ring (bicyclic) bond motifs is 1. The van der Waals surface area contributed by atoms with Crippen molar-refractivity contribution in [2.24, 2.45) is 0 Å². The molecular formula is C32H40Cl2F3N5O2. The summed E-state index contributed by atoms with van der Waals surface area (Å²) in [4.78, 5) is 23.4. The molecule has 5 rings (SSSR count). The van der Waals surface area contributed by atoms with Gasteiger partial charge in [-0.25, -0.2) is 0 Å². The smallest absolute Gasteiger partial charge is 0.388 e. The second kappa shape index (κ2) is 14.9. The molecule has 1 aromatic heterocycles. The number of hydrogen-bond acceptors (Lipinski definition) is 5. The van der Waals surface area contributed by atoms with Crippen LogP contribution >= 0.6 is 24.8 Å². The third-order valence-corrected chi connectivity index (χ3v) is 8.27. The third-order valence-electron chi connectivity index (χ3n) is 8.27. The first-order valence-electron chi connectivity index (χ1n) is 14.3. The van der Waals surface area contributed by atoms with Gasteiger partial charge in [0.1, 0.15) is 0 Å². The highest BCUT2D eigenvalue weighted by Crippen LogP contribution is 2.33. The van der Waals surface area contributed by atoms with E-state index in [2.05, 4.69) is 45.8 Å². The van der Waals surface area contributed by atoms with Crippen LogP contribution in [0.1, 0.15) is 35.3 Å². The van der Waals surface area contributed by atoms with Crippen LogP contribution in [0.3, 0.4) is 0 Å². The van der Waals surface area contributed by atoms with Gasteiger partial charge in [-0.3, -0.25) is 14.6 Å². The number of morpholine rings is 1. The van der Waals surface area contributed by atoms with Crippen LogP contribution in [0.2, 0.25) is 0 Å². The number of carbonyl (C=O) groups is 1. The molecule has 2 N–H and O–H groups in total. The van der Waals surface area contributed by atoms with E-state index in [-0.39, 0.29) is 47.6 Å². The molecule has 3 heterocycles. The van der Waals surface area contributed by atoms with Gasteiger partial charge in [0.2, 0.25) is 0 Å². The minimum atomic E-state index is -4.56. The number of rotatable bonds is 6. The van der Waals surface area contributed by atoms with Crippen molar-refractivity contribution in [2.45, 2.75) is 38.0 Å². The van der Waals surface area contributed by atoms with E-state index in [0.29, 0.717) is 52.4 Å². The average Bonchev–Trinajstić information content (AvgIpc) is 3.37. The topological polar surface area (TPSA) is 63.8 Å². The van der Waals surface area contributed by atoms with Gasteiger partial charge in [0.15, 0.2) is 0 Å². The van der Waals surface area contributed by atoms with Gasteiger partial charge in [-0.05, 0) is 50.1 Å². The number of alkyl halides is 3. The van der Waals surface area contributed by atoms with Gasteiger partial charge in [0.25, 0.3) is 5.91 Å². The van der Waals surface area contributed by atoms with Gasteiger partial charge in [-0.1, -0.05) is 30.0 Å². The van der Waals surface area contributed by atoms with Crippen LogP contribution in [0.15, 0.2) is 48.7 Å². The zero-order valence-electron chi connectivity index (χ0n) is 25.2. The van der Waals surface area contributed by atoms with E-state index < -0.39 is 17.6 Å². The Morgan fingerprint density at radius 2 is 1.84 bits per heavy atom. The molecular weight excluding hydrogens is 614 g/mol. The summed E-state index contributed by atoms with van der Waals surface area (Å²) in [7, 11) is 1.55. The summed E-state index contributed by atoms with van der Waals surface area (Å²) >= 11 is 0. The molecule has 0 saturated carbocycles. The molecule has 240 valence electrons. The van der Waals surface area contributed by atoms with Crippen molar-refractivity contribution in [3.63, 3.8) is 0 Å². The van der Waals surface area contributed by atoms with Gasteiger partial charge >= 0.3 is 6.18 Å². The van der Waals surface area contributed by atoms with Gasteiger partial charge in [-0.2, -0.15) is 13.2 Å². The molecule has 2 aliphatic heterocycles. The maximum atomic E-state index is 13.8. The predicted molar refractivity (Wildman–Crippen MR) is 173 cm³/mol. The Kier molecular flexibility index (Phi) is 12.0. The van der Waals surface area contributed by atoms with Crippen molar-refractivity contribution in [2.75, 3.05) is 64.8 Å². The van der Waals surface area contributed by atoms with Crippen molar-refractivity contribution in [1.29, 1.82) is 0 Å². The lowest BCUT2D eigenvalue weighted by molar-refractivity contribution is -0.137. The van der Waals surface area contributed by atoms with Crippen molar-refractivity contribution >= 4 is 47.3 Å². The lowest BCUT2D eigenvalue weighted by Crippen LogP contribution is -2.56. The van der Waals surface area contributed by atoms with Crippen LogP contribution in [0.25, 0.3) is 10.9 Å². The van der Waals surface area contributed by atoms with Crippen molar-refractivity contribution in [1.82, 2.24) is 19.7 Å². The minimum Gasteiger partial charge on any atom is -0.388 e. The highest BCUT2D eigenvalue weighted by Gasteiger charge is 2.35. The number of H-pyrrole nitrogens is 1. The van der Waals surface area contributed by atoms with E-state index in [1.54, 1.807) is 11.9 Å². The van der Waals surface area contributed by atoms with Crippen LogP contribution in [0, 0.1) is 11.8 Å². The summed E-state index contributed by atoms with van der Waals surface area (Å²) in [6, 6.07) is 11.2. The van der Waals surface area contributed by atoms with Crippen molar-refractivity contribution in [3.05, 3.63) is 65.4 Å². The average molecular weight is 655 g/mol. The number of ether oxygens (including phenoxy) is 1. The Morgan fingerprint density at radius 3 is 2.57 bits per heavy atom. The number of piperazine rings is 1. The number of nitrogens with one attached hydrogen (secondary N) is 2. The number of benzene rings is 2. The first-order chi connectivity index (χ1) is 20.0. The Morgan fingerprint density at radius 1 is 1.09 bits per heavy atom. The largest absolute Gasteiger partial charge is 0.416 e. The molecule has 3 aromatic rings. The number of halogens is 5. The lowest BCUT2D eigenvalue weighted by Gasteiger charge is -2.41. The van der Waals surface area contributed by atoms with Crippen LogP contribution in [0.4, 0.5) is 18.9 Å². The molecule has 0 radical (unpaired) electrons. The van der Waals surface area contributed by atoms with E-state index in [1.165, 1.54) is 6.07 Å². The predicted octanol–water partition coefficient (Wildman–Crippen LogP) is 5.56. The van der Waals surface area contributed by atoms with Crippen LogP contribution in [-0.2, 0) is 17.3 Å². The van der Waals surface area contributed by atoms with Gasteiger partial charge in [-0.15, -0.1) is 24.8 Å². The molecule has 0 unspecified atom stereocenters. The van der Waals surface area contributed by atoms with E-state index >= 15 is 0 Å². The molecule has 7 nitrogen and oxygen atoms in total. The maximum Gasteiger partial charge on any atom is 0.416 e. The molecule has 2 aliphatic rings. The number of anilines is 1.